The van der Waals surface area contributed by atoms with Crippen LogP contribution < -0.4 is 26.0 Å². The summed E-state index contributed by atoms with van der Waals surface area (Å²) in [5.74, 6) is 0. The van der Waals surface area contributed by atoms with E-state index in [0.29, 0.717) is 0 Å². The number of aryl methyl sites for hydroxylation is 1. The Bertz CT molecular complexity index is 3810. The van der Waals surface area contributed by atoms with Crippen LogP contribution in [0.15, 0.2) is 229 Å². The first-order valence-corrected chi connectivity index (χ1v) is 25.8. The van der Waals surface area contributed by atoms with E-state index in [1.54, 1.807) is 0 Å². The fourth-order valence-electron chi connectivity index (χ4n) is 10.7. The molecule has 0 fully saturated rings. The summed E-state index contributed by atoms with van der Waals surface area (Å²) in [6, 6.07) is 81.5. The molecular formula is C69H59BN3O. The third kappa shape index (κ3) is 8.62. The molecule has 0 unspecified atom stereocenters. The van der Waals surface area contributed by atoms with Gasteiger partial charge < -0.3 is 19.5 Å². The first-order valence-electron chi connectivity index (χ1n) is 25.8. The van der Waals surface area contributed by atoms with Gasteiger partial charge in [0.05, 0.1) is 5.69 Å². The smallest absolute Gasteiger partial charge is 0.198 e. The van der Waals surface area contributed by atoms with Crippen molar-refractivity contribution in [3.63, 3.8) is 0 Å². The van der Waals surface area contributed by atoms with E-state index < -0.39 is 0 Å². The molecule has 1 aliphatic heterocycles. The number of nitrogens with zero attached hydrogens (tertiary/aromatic N) is 2. The second-order valence-corrected chi connectivity index (χ2v) is 21.8. The molecule has 4 nitrogen and oxygen atoms in total. The molecule has 0 aliphatic carbocycles. The summed E-state index contributed by atoms with van der Waals surface area (Å²) in [5.41, 5.74) is 23.0. The van der Waals surface area contributed by atoms with Crippen LogP contribution in [0.25, 0.3) is 55.3 Å². The Morgan fingerprint density at radius 2 is 1.03 bits per heavy atom. The van der Waals surface area contributed by atoms with Gasteiger partial charge in [-0.15, -0.1) is 0 Å². The Labute approximate surface area is 436 Å². The predicted molar refractivity (Wildman–Crippen MR) is 316 cm³/mol. The standard InChI is InChI=1S/C69H59BN3O/c1-45-41-49(47-21-12-9-13-22-47)29-39-62(45)73-63-40-38-55(72(53-34-30-50(31-35-53)68(2,3)4)54-36-32-51(33-37-54)69(5,6)7)43-60(63)70-65-58(44-59-57-26-15-17-28-64(57)74-67(59)66(65)73)56-25-14-16-27-61(56)71-52-24-18-23-48(42-52)46-19-10-8-11-20-46/h8-44,71H,1-7H3. The molecule has 1 aromatic heterocycles. The number of furan rings is 1. The first-order chi connectivity index (χ1) is 35.9. The zero-order valence-corrected chi connectivity index (χ0v) is 43.2. The highest BCUT2D eigenvalue weighted by molar-refractivity contribution is 6.74. The van der Waals surface area contributed by atoms with Crippen molar-refractivity contribution in [2.75, 3.05) is 15.1 Å². The lowest BCUT2D eigenvalue weighted by molar-refractivity contribution is 0.590. The number of para-hydroxylation sites is 2. The summed E-state index contributed by atoms with van der Waals surface area (Å²) < 4.78 is 7.08. The number of hydrogen-bond donors (Lipinski definition) is 1. The largest absolute Gasteiger partial charge is 0.454 e. The third-order valence-corrected chi connectivity index (χ3v) is 14.7. The Hall–Kier alpha value is -8.54. The van der Waals surface area contributed by atoms with Crippen LogP contribution in [0.4, 0.5) is 45.5 Å². The van der Waals surface area contributed by atoms with E-state index in [0.717, 1.165) is 101 Å². The molecule has 1 radical (unpaired) electrons. The van der Waals surface area contributed by atoms with E-state index in [1.165, 1.54) is 27.8 Å². The highest BCUT2D eigenvalue weighted by Gasteiger charge is 2.34. The van der Waals surface area contributed by atoms with Crippen molar-refractivity contribution in [1.29, 1.82) is 0 Å². The number of rotatable bonds is 9. The second kappa shape index (κ2) is 18.5. The third-order valence-electron chi connectivity index (χ3n) is 14.7. The molecule has 359 valence electrons. The van der Waals surface area contributed by atoms with Gasteiger partial charge in [-0.3, -0.25) is 0 Å². The summed E-state index contributed by atoms with van der Waals surface area (Å²) in [7, 11) is 2.40. The maximum Gasteiger partial charge on any atom is 0.198 e. The fourth-order valence-corrected chi connectivity index (χ4v) is 10.7. The van der Waals surface area contributed by atoms with E-state index in [2.05, 4.69) is 295 Å². The zero-order valence-electron chi connectivity index (χ0n) is 43.2. The predicted octanol–water partition coefficient (Wildman–Crippen LogP) is 18.1. The minimum absolute atomic E-state index is 0.0239. The second-order valence-electron chi connectivity index (χ2n) is 21.8. The Kier molecular flexibility index (Phi) is 11.6. The van der Waals surface area contributed by atoms with E-state index in [9.17, 15) is 0 Å². The molecule has 0 amide bonds. The van der Waals surface area contributed by atoms with Crippen LogP contribution >= 0.6 is 0 Å². The van der Waals surface area contributed by atoms with Crippen molar-refractivity contribution in [3.8, 4) is 33.4 Å². The summed E-state index contributed by atoms with van der Waals surface area (Å²) in [6.07, 6.45) is 0. The van der Waals surface area contributed by atoms with Crippen molar-refractivity contribution in [3.05, 3.63) is 241 Å². The van der Waals surface area contributed by atoms with Crippen LogP contribution in [-0.4, -0.2) is 7.28 Å². The van der Waals surface area contributed by atoms with Crippen molar-refractivity contribution in [2.45, 2.75) is 59.3 Å². The van der Waals surface area contributed by atoms with Gasteiger partial charge in [-0.05, 0) is 153 Å². The van der Waals surface area contributed by atoms with Crippen molar-refractivity contribution in [1.82, 2.24) is 0 Å². The molecule has 10 aromatic carbocycles. The maximum atomic E-state index is 7.08. The topological polar surface area (TPSA) is 31.6 Å². The van der Waals surface area contributed by atoms with Gasteiger partial charge in [0.15, 0.2) is 12.9 Å². The molecule has 1 aliphatic rings. The van der Waals surface area contributed by atoms with Gasteiger partial charge in [0.25, 0.3) is 0 Å². The van der Waals surface area contributed by atoms with Gasteiger partial charge in [-0.1, -0.05) is 187 Å². The molecule has 0 atom stereocenters. The van der Waals surface area contributed by atoms with Gasteiger partial charge in [-0.2, -0.15) is 0 Å². The van der Waals surface area contributed by atoms with Crippen LogP contribution in [0, 0.1) is 6.92 Å². The summed E-state index contributed by atoms with van der Waals surface area (Å²) in [6.45, 7) is 15.9. The van der Waals surface area contributed by atoms with Crippen molar-refractivity contribution in [2.24, 2.45) is 0 Å². The average molecular weight is 957 g/mol. The molecule has 11 aromatic rings. The number of fused-ring (bicyclic) bond motifs is 6. The number of anilines is 8. The van der Waals surface area contributed by atoms with Gasteiger partial charge in [0.2, 0.25) is 0 Å². The highest BCUT2D eigenvalue weighted by Crippen LogP contribution is 2.48. The lowest BCUT2D eigenvalue weighted by Gasteiger charge is -2.37. The van der Waals surface area contributed by atoms with E-state index in [-0.39, 0.29) is 10.8 Å². The first kappa shape index (κ1) is 46.5. The quantitative estimate of drug-likeness (QED) is 0.146. The molecule has 0 spiro atoms. The van der Waals surface area contributed by atoms with Crippen LogP contribution in [0.1, 0.15) is 58.2 Å². The molecule has 74 heavy (non-hydrogen) atoms. The van der Waals surface area contributed by atoms with Crippen LogP contribution in [0.2, 0.25) is 0 Å². The Morgan fingerprint density at radius 1 is 0.459 bits per heavy atom. The van der Waals surface area contributed by atoms with Gasteiger partial charge >= 0.3 is 0 Å². The molecular weight excluding hydrogens is 898 g/mol. The molecule has 0 saturated heterocycles. The monoisotopic (exact) mass is 956 g/mol. The Balaban J connectivity index is 1.08. The number of hydrogen-bond acceptors (Lipinski definition) is 4. The zero-order chi connectivity index (χ0) is 50.7. The van der Waals surface area contributed by atoms with Crippen molar-refractivity contribution < 1.29 is 4.42 Å². The van der Waals surface area contributed by atoms with E-state index >= 15 is 0 Å². The van der Waals surface area contributed by atoms with Crippen molar-refractivity contribution >= 4 is 85.6 Å². The average Bonchev–Trinajstić information content (AvgIpc) is 3.80. The number of benzene rings is 10. The van der Waals surface area contributed by atoms with Gasteiger partial charge in [-0.25, -0.2) is 0 Å². The molecule has 0 saturated carbocycles. The molecule has 2 heterocycles. The van der Waals surface area contributed by atoms with Crippen LogP contribution in [-0.2, 0) is 10.8 Å². The van der Waals surface area contributed by atoms with Gasteiger partial charge in [0.1, 0.15) is 5.58 Å². The lowest BCUT2D eigenvalue weighted by Crippen LogP contribution is -2.41. The molecule has 0 bridgehead atoms. The summed E-state index contributed by atoms with van der Waals surface area (Å²) in [5, 5.41) is 6.03. The van der Waals surface area contributed by atoms with Gasteiger partial charge in [0, 0.05) is 56.1 Å². The normalized spacial score (nSPS) is 12.3. The molecule has 12 rings (SSSR count). The summed E-state index contributed by atoms with van der Waals surface area (Å²) >= 11 is 0. The maximum absolute atomic E-state index is 7.08. The SMILES string of the molecule is Cc1cc(-c2ccccc2)ccc1N1c2ccc(N(c3ccc(C(C)(C)C)cc3)c3ccc(C(C)(C)C)cc3)cc2[B]c2c(-c3ccccc3Nc3cccc(-c4ccccc4)c3)cc3c(oc4ccccc43)c21. The highest BCUT2D eigenvalue weighted by atomic mass is 16.3. The van der Waals surface area contributed by atoms with Crippen LogP contribution in [0.5, 0.6) is 0 Å². The van der Waals surface area contributed by atoms with E-state index in [1.807, 2.05) is 0 Å². The van der Waals surface area contributed by atoms with Crippen LogP contribution in [0.3, 0.4) is 0 Å². The minimum Gasteiger partial charge on any atom is -0.454 e. The minimum atomic E-state index is 0.0239. The Morgan fingerprint density at radius 3 is 1.68 bits per heavy atom. The fraction of sp³-hybridized carbons (Fsp3) is 0.130. The summed E-state index contributed by atoms with van der Waals surface area (Å²) in [4.78, 5) is 4.87. The molecule has 5 heteroatoms. The lowest BCUT2D eigenvalue weighted by atomic mass is 9.58. The van der Waals surface area contributed by atoms with E-state index in [4.69, 9.17) is 4.42 Å². The number of nitrogens with one attached hydrogen (secondary N) is 1. The molecule has 1 N–H and O–H groups in total.